The number of benzene rings is 1. The molecule has 0 spiro atoms. The molecule has 0 fully saturated rings. The summed E-state index contributed by atoms with van der Waals surface area (Å²) in [6.07, 6.45) is 2.04. The quantitative estimate of drug-likeness (QED) is 0.524. The fraction of sp³-hybridized carbons (Fsp3) is 0.200. The zero-order valence-electron chi connectivity index (χ0n) is 8.52. The summed E-state index contributed by atoms with van der Waals surface area (Å²) < 4.78 is 12.7. The molecule has 0 saturated carbocycles. The molecular weight excluding hydrogens is 209 g/mol. The molecule has 1 heterocycles. The molecule has 1 aromatic carbocycles. The second kappa shape index (κ2) is 4.82. The molecule has 1 aromatic heterocycles. The van der Waals surface area contributed by atoms with Crippen LogP contribution in [-0.2, 0) is 6.42 Å². The first-order valence-corrected chi connectivity index (χ1v) is 4.85. The molecule has 1 unspecified atom stereocenters. The van der Waals surface area contributed by atoms with Gasteiger partial charge in [0.2, 0.25) is 0 Å². The van der Waals surface area contributed by atoms with Crippen molar-refractivity contribution < 1.29 is 4.39 Å². The number of hydrazine groups is 1. The minimum Gasteiger partial charge on any atom is -0.271 e. The molecular formula is C10H12FN5. The lowest BCUT2D eigenvalue weighted by molar-refractivity contribution is 0.524. The topological polar surface area (TPSA) is 79.6 Å². The number of aromatic amines is 1. The zero-order chi connectivity index (χ0) is 11.4. The maximum Gasteiger partial charge on any atom is 0.143 e. The Morgan fingerprint density at radius 3 is 2.69 bits per heavy atom. The standard InChI is InChI=1S/C10H12FN5/c11-8-3-1-7(2-4-8)5-9(15-12)10-13-6-14-16-10/h1-4,6,9,15H,5,12H2,(H,13,14,16). The number of nitrogens with two attached hydrogens (primary N) is 1. The van der Waals surface area contributed by atoms with Crippen molar-refractivity contribution in [3.63, 3.8) is 0 Å². The van der Waals surface area contributed by atoms with E-state index in [0.29, 0.717) is 12.2 Å². The van der Waals surface area contributed by atoms with Crippen LogP contribution >= 0.6 is 0 Å². The first-order valence-electron chi connectivity index (χ1n) is 4.85. The number of aromatic nitrogens is 3. The number of nitrogens with one attached hydrogen (secondary N) is 2. The van der Waals surface area contributed by atoms with Crippen LogP contribution in [0.25, 0.3) is 0 Å². The van der Waals surface area contributed by atoms with E-state index in [1.54, 1.807) is 12.1 Å². The second-order valence-electron chi connectivity index (χ2n) is 3.42. The van der Waals surface area contributed by atoms with E-state index in [1.165, 1.54) is 18.5 Å². The number of H-pyrrole nitrogens is 1. The van der Waals surface area contributed by atoms with E-state index >= 15 is 0 Å². The average molecular weight is 221 g/mol. The van der Waals surface area contributed by atoms with Crippen LogP contribution in [0.15, 0.2) is 30.6 Å². The number of hydrogen-bond donors (Lipinski definition) is 3. The summed E-state index contributed by atoms with van der Waals surface area (Å²) >= 11 is 0. The van der Waals surface area contributed by atoms with Gasteiger partial charge in [0.1, 0.15) is 18.0 Å². The smallest absolute Gasteiger partial charge is 0.143 e. The van der Waals surface area contributed by atoms with E-state index < -0.39 is 0 Å². The van der Waals surface area contributed by atoms with E-state index in [9.17, 15) is 4.39 Å². The van der Waals surface area contributed by atoms with Crippen LogP contribution in [0.4, 0.5) is 4.39 Å². The van der Waals surface area contributed by atoms with Crippen molar-refractivity contribution >= 4 is 0 Å². The Labute approximate surface area is 91.9 Å². The highest BCUT2D eigenvalue weighted by atomic mass is 19.1. The van der Waals surface area contributed by atoms with Crippen LogP contribution in [0.3, 0.4) is 0 Å². The summed E-state index contributed by atoms with van der Waals surface area (Å²) in [7, 11) is 0. The maximum atomic E-state index is 12.7. The Balaban J connectivity index is 2.10. The Hall–Kier alpha value is -1.79. The SMILES string of the molecule is NNC(Cc1ccc(F)cc1)c1ncn[nH]1. The summed E-state index contributed by atoms with van der Waals surface area (Å²) in [5.74, 6) is 5.84. The lowest BCUT2D eigenvalue weighted by Gasteiger charge is -2.12. The molecule has 16 heavy (non-hydrogen) atoms. The number of halogens is 1. The van der Waals surface area contributed by atoms with Gasteiger partial charge < -0.3 is 0 Å². The highest BCUT2D eigenvalue weighted by Crippen LogP contribution is 2.13. The fourth-order valence-electron chi connectivity index (χ4n) is 1.47. The van der Waals surface area contributed by atoms with Gasteiger partial charge in [0.25, 0.3) is 0 Å². The zero-order valence-corrected chi connectivity index (χ0v) is 8.52. The summed E-state index contributed by atoms with van der Waals surface area (Å²) in [5, 5.41) is 6.50. The van der Waals surface area contributed by atoms with Crippen molar-refractivity contribution in [2.45, 2.75) is 12.5 Å². The van der Waals surface area contributed by atoms with Crippen molar-refractivity contribution in [2.75, 3.05) is 0 Å². The highest BCUT2D eigenvalue weighted by molar-refractivity contribution is 5.18. The van der Waals surface area contributed by atoms with Gasteiger partial charge in [-0.1, -0.05) is 12.1 Å². The molecule has 0 aliphatic rings. The molecule has 4 N–H and O–H groups in total. The van der Waals surface area contributed by atoms with E-state index in [4.69, 9.17) is 5.84 Å². The van der Waals surface area contributed by atoms with Crippen molar-refractivity contribution in [1.29, 1.82) is 0 Å². The normalized spacial score (nSPS) is 12.6. The third kappa shape index (κ3) is 2.41. The van der Waals surface area contributed by atoms with Gasteiger partial charge in [-0.2, -0.15) is 5.10 Å². The van der Waals surface area contributed by atoms with Crippen LogP contribution < -0.4 is 11.3 Å². The lowest BCUT2D eigenvalue weighted by Crippen LogP contribution is -2.30. The Morgan fingerprint density at radius 2 is 2.12 bits per heavy atom. The highest BCUT2D eigenvalue weighted by Gasteiger charge is 2.13. The van der Waals surface area contributed by atoms with E-state index in [-0.39, 0.29) is 11.9 Å². The molecule has 5 nitrogen and oxygen atoms in total. The van der Waals surface area contributed by atoms with Crippen LogP contribution in [0, 0.1) is 5.82 Å². The molecule has 2 rings (SSSR count). The van der Waals surface area contributed by atoms with Crippen molar-refractivity contribution in [1.82, 2.24) is 20.6 Å². The average Bonchev–Trinajstić information content (AvgIpc) is 2.82. The number of nitrogens with zero attached hydrogens (tertiary/aromatic N) is 2. The maximum absolute atomic E-state index is 12.7. The lowest BCUT2D eigenvalue weighted by atomic mass is 10.1. The predicted molar refractivity (Wildman–Crippen MR) is 56.6 cm³/mol. The van der Waals surface area contributed by atoms with Gasteiger partial charge in [0.15, 0.2) is 0 Å². The largest absolute Gasteiger partial charge is 0.271 e. The van der Waals surface area contributed by atoms with Gasteiger partial charge >= 0.3 is 0 Å². The van der Waals surface area contributed by atoms with Gasteiger partial charge in [-0.15, -0.1) is 0 Å². The van der Waals surface area contributed by atoms with E-state index in [1.807, 2.05) is 0 Å². The molecule has 6 heteroatoms. The molecule has 0 amide bonds. The molecule has 0 aliphatic heterocycles. The van der Waals surface area contributed by atoms with E-state index in [0.717, 1.165) is 5.56 Å². The van der Waals surface area contributed by atoms with Gasteiger partial charge in [-0.3, -0.25) is 10.9 Å². The molecule has 0 saturated heterocycles. The van der Waals surface area contributed by atoms with Crippen LogP contribution in [0.5, 0.6) is 0 Å². The summed E-state index contributed by atoms with van der Waals surface area (Å²) in [5.41, 5.74) is 3.61. The van der Waals surface area contributed by atoms with Crippen molar-refractivity contribution in [3.05, 3.63) is 47.8 Å². The third-order valence-electron chi connectivity index (χ3n) is 2.32. The first-order chi connectivity index (χ1) is 7.79. The first kappa shape index (κ1) is 10.7. The van der Waals surface area contributed by atoms with E-state index in [2.05, 4.69) is 20.6 Å². The number of hydrogen-bond acceptors (Lipinski definition) is 4. The molecule has 0 aliphatic carbocycles. The summed E-state index contributed by atoms with van der Waals surface area (Å²) in [6, 6.07) is 6.12. The van der Waals surface area contributed by atoms with Crippen LogP contribution in [0.1, 0.15) is 17.4 Å². The van der Waals surface area contributed by atoms with Crippen molar-refractivity contribution in [3.8, 4) is 0 Å². The Bertz CT molecular complexity index is 425. The predicted octanol–water partition coefficient (Wildman–Crippen LogP) is 0.691. The van der Waals surface area contributed by atoms with Gasteiger partial charge in [-0.05, 0) is 24.1 Å². The van der Waals surface area contributed by atoms with Gasteiger partial charge in [-0.25, -0.2) is 14.8 Å². The summed E-state index contributed by atoms with van der Waals surface area (Å²) in [4.78, 5) is 4.02. The molecule has 0 bridgehead atoms. The van der Waals surface area contributed by atoms with Gasteiger partial charge in [0.05, 0.1) is 6.04 Å². The minimum absolute atomic E-state index is 0.159. The second-order valence-corrected chi connectivity index (χ2v) is 3.42. The molecule has 0 radical (unpaired) electrons. The Kier molecular flexibility index (Phi) is 3.23. The van der Waals surface area contributed by atoms with Crippen LogP contribution in [0.2, 0.25) is 0 Å². The molecule has 2 aromatic rings. The fourth-order valence-corrected chi connectivity index (χ4v) is 1.47. The van der Waals surface area contributed by atoms with Crippen LogP contribution in [-0.4, -0.2) is 15.2 Å². The minimum atomic E-state index is -0.249. The third-order valence-corrected chi connectivity index (χ3v) is 2.32. The summed E-state index contributed by atoms with van der Waals surface area (Å²) in [6.45, 7) is 0. The van der Waals surface area contributed by atoms with Gasteiger partial charge in [0, 0.05) is 0 Å². The Morgan fingerprint density at radius 1 is 1.38 bits per heavy atom. The number of rotatable bonds is 4. The monoisotopic (exact) mass is 221 g/mol. The molecule has 1 atom stereocenters. The van der Waals surface area contributed by atoms with Crippen molar-refractivity contribution in [2.24, 2.45) is 5.84 Å². The molecule has 84 valence electrons.